The maximum absolute atomic E-state index is 6.04. The standard InChI is InChI=1S/C20H19ClN2O/c21-18-8-4-7-16(11-18)20-22-19(14-24-20)13-23-10-9-17(12-23)15-5-2-1-3-6-15/h1-8,11,14,17H,9-10,12-13H2/t17-/m1/s1. The van der Waals surface area contributed by atoms with Gasteiger partial charge in [0.1, 0.15) is 6.26 Å². The number of aromatic nitrogens is 1. The number of benzene rings is 2. The average molecular weight is 339 g/mol. The van der Waals surface area contributed by atoms with E-state index in [1.807, 2.05) is 24.3 Å². The Bertz CT molecular complexity index is 815. The first-order valence-corrected chi connectivity index (χ1v) is 8.63. The van der Waals surface area contributed by atoms with Crippen molar-refractivity contribution in [2.45, 2.75) is 18.9 Å². The van der Waals surface area contributed by atoms with Crippen LogP contribution in [-0.2, 0) is 6.54 Å². The summed E-state index contributed by atoms with van der Waals surface area (Å²) in [5.74, 6) is 1.25. The normalized spacial score (nSPS) is 18.1. The van der Waals surface area contributed by atoms with Gasteiger partial charge in [-0.2, -0.15) is 0 Å². The molecule has 3 aromatic rings. The van der Waals surface area contributed by atoms with Crippen molar-refractivity contribution in [1.29, 1.82) is 0 Å². The molecule has 0 N–H and O–H groups in total. The zero-order valence-electron chi connectivity index (χ0n) is 13.4. The molecule has 1 aliphatic heterocycles. The molecule has 2 aromatic carbocycles. The molecule has 0 bridgehead atoms. The van der Waals surface area contributed by atoms with Gasteiger partial charge in [0, 0.05) is 23.7 Å². The summed E-state index contributed by atoms with van der Waals surface area (Å²) in [7, 11) is 0. The molecule has 4 rings (SSSR count). The van der Waals surface area contributed by atoms with Crippen LogP contribution in [0.1, 0.15) is 23.6 Å². The predicted molar refractivity (Wildman–Crippen MR) is 96.0 cm³/mol. The van der Waals surface area contributed by atoms with Crippen LogP contribution in [0.5, 0.6) is 0 Å². The molecule has 1 aliphatic rings. The van der Waals surface area contributed by atoms with Gasteiger partial charge in [0.2, 0.25) is 5.89 Å². The number of rotatable bonds is 4. The molecule has 0 unspecified atom stereocenters. The lowest BCUT2D eigenvalue weighted by Crippen LogP contribution is -2.19. The van der Waals surface area contributed by atoms with Crippen molar-refractivity contribution < 1.29 is 4.42 Å². The van der Waals surface area contributed by atoms with E-state index in [9.17, 15) is 0 Å². The third-order valence-electron chi connectivity index (χ3n) is 4.55. The molecule has 24 heavy (non-hydrogen) atoms. The fourth-order valence-electron chi connectivity index (χ4n) is 3.34. The number of hydrogen-bond acceptors (Lipinski definition) is 3. The van der Waals surface area contributed by atoms with Gasteiger partial charge in [-0.05, 0) is 42.6 Å². The van der Waals surface area contributed by atoms with E-state index in [2.05, 4.69) is 40.2 Å². The van der Waals surface area contributed by atoms with Gasteiger partial charge >= 0.3 is 0 Å². The monoisotopic (exact) mass is 338 g/mol. The van der Waals surface area contributed by atoms with Crippen LogP contribution in [0, 0.1) is 0 Å². The summed E-state index contributed by atoms with van der Waals surface area (Å²) in [5.41, 5.74) is 3.32. The molecule has 0 spiro atoms. The molecule has 0 saturated carbocycles. The molecule has 0 radical (unpaired) electrons. The Morgan fingerprint density at radius 2 is 2.00 bits per heavy atom. The van der Waals surface area contributed by atoms with Crippen molar-refractivity contribution in [3.63, 3.8) is 0 Å². The Morgan fingerprint density at radius 1 is 1.12 bits per heavy atom. The van der Waals surface area contributed by atoms with Crippen molar-refractivity contribution in [2.75, 3.05) is 13.1 Å². The second kappa shape index (κ2) is 6.80. The molecule has 1 fully saturated rings. The number of hydrogen-bond donors (Lipinski definition) is 0. The smallest absolute Gasteiger partial charge is 0.226 e. The lowest BCUT2D eigenvalue weighted by atomic mass is 9.99. The van der Waals surface area contributed by atoms with E-state index in [1.54, 1.807) is 6.26 Å². The molecule has 122 valence electrons. The van der Waals surface area contributed by atoms with E-state index in [-0.39, 0.29) is 0 Å². The van der Waals surface area contributed by atoms with Crippen LogP contribution >= 0.6 is 11.6 Å². The largest absolute Gasteiger partial charge is 0.444 e. The van der Waals surface area contributed by atoms with Gasteiger partial charge < -0.3 is 4.42 Å². The fraction of sp³-hybridized carbons (Fsp3) is 0.250. The van der Waals surface area contributed by atoms with Crippen LogP contribution in [0.4, 0.5) is 0 Å². The summed E-state index contributed by atoms with van der Waals surface area (Å²) in [4.78, 5) is 7.06. The second-order valence-electron chi connectivity index (χ2n) is 6.29. The van der Waals surface area contributed by atoms with E-state index >= 15 is 0 Å². The first kappa shape index (κ1) is 15.4. The molecular formula is C20H19ClN2O. The van der Waals surface area contributed by atoms with Crippen molar-refractivity contribution in [3.05, 3.63) is 77.1 Å². The third kappa shape index (κ3) is 3.37. The molecule has 1 atom stereocenters. The van der Waals surface area contributed by atoms with Gasteiger partial charge in [-0.15, -0.1) is 0 Å². The quantitative estimate of drug-likeness (QED) is 0.671. The highest BCUT2D eigenvalue weighted by Crippen LogP contribution is 2.28. The van der Waals surface area contributed by atoms with E-state index in [0.29, 0.717) is 16.8 Å². The highest BCUT2D eigenvalue weighted by atomic mass is 35.5. The summed E-state index contributed by atoms with van der Waals surface area (Å²) in [5, 5.41) is 0.692. The van der Waals surface area contributed by atoms with Crippen LogP contribution in [0.3, 0.4) is 0 Å². The second-order valence-corrected chi connectivity index (χ2v) is 6.72. The minimum absolute atomic E-state index is 0.616. The van der Waals surface area contributed by atoms with E-state index in [1.165, 1.54) is 12.0 Å². The van der Waals surface area contributed by atoms with Crippen LogP contribution in [-0.4, -0.2) is 23.0 Å². The zero-order chi connectivity index (χ0) is 16.4. The first-order chi connectivity index (χ1) is 11.8. The SMILES string of the molecule is Clc1cccc(-c2nc(CN3CC[C@@H](c4ccccc4)C3)co2)c1. The number of nitrogens with zero attached hydrogens (tertiary/aromatic N) is 2. The number of halogens is 1. The molecule has 1 aromatic heterocycles. The van der Waals surface area contributed by atoms with Crippen molar-refractivity contribution in [2.24, 2.45) is 0 Å². The van der Waals surface area contributed by atoms with Crippen LogP contribution in [0.25, 0.3) is 11.5 Å². The van der Waals surface area contributed by atoms with E-state index in [4.69, 9.17) is 16.0 Å². The van der Waals surface area contributed by atoms with Gasteiger partial charge in [-0.25, -0.2) is 4.98 Å². The molecule has 2 heterocycles. The van der Waals surface area contributed by atoms with Crippen molar-refractivity contribution in [3.8, 4) is 11.5 Å². The lowest BCUT2D eigenvalue weighted by Gasteiger charge is -2.14. The van der Waals surface area contributed by atoms with Crippen LogP contribution in [0.15, 0.2) is 65.3 Å². The topological polar surface area (TPSA) is 29.3 Å². The molecule has 1 saturated heterocycles. The van der Waals surface area contributed by atoms with E-state index in [0.717, 1.165) is 30.9 Å². The highest BCUT2D eigenvalue weighted by molar-refractivity contribution is 6.30. The summed E-state index contributed by atoms with van der Waals surface area (Å²) < 4.78 is 5.63. The maximum atomic E-state index is 6.04. The third-order valence-corrected chi connectivity index (χ3v) is 4.79. The average Bonchev–Trinajstić information content (AvgIpc) is 3.26. The van der Waals surface area contributed by atoms with Gasteiger partial charge in [0.05, 0.1) is 5.69 Å². The molecule has 3 nitrogen and oxygen atoms in total. The minimum Gasteiger partial charge on any atom is -0.444 e. The molecule has 4 heteroatoms. The Labute approximate surface area is 146 Å². The summed E-state index contributed by atoms with van der Waals surface area (Å²) in [6, 6.07) is 18.3. The summed E-state index contributed by atoms with van der Waals surface area (Å²) >= 11 is 6.04. The molecule has 0 amide bonds. The van der Waals surface area contributed by atoms with Crippen molar-refractivity contribution >= 4 is 11.6 Å². The maximum Gasteiger partial charge on any atom is 0.226 e. The predicted octanol–water partition coefficient (Wildman–Crippen LogP) is 4.98. The van der Waals surface area contributed by atoms with Gasteiger partial charge in [0.25, 0.3) is 0 Å². The highest BCUT2D eigenvalue weighted by Gasteiger charge is 2.24. The minimum atomic E-state index is 0.616. The molecular weight excluding hydrogens is 320 g/mol. The first-order valence-electron chi connectivity index (χ1n) is 8.25. The number of oxazole rings is 1. The fourth-order valence-corrected chi connectivity index (χ4v) is 3.53. The van der Waals surface area contributed by atoms with Gasteiger partial charge in [0.15, 0.2) is 0 Å². The summed E-state index contributed by atoms with van der Waals surface area (Å²) in [6.07, 6.45) is 2.95. The Balaban J connectivity index is 1.42. The summed E-state index contributed by atoms with van der Waals surface area (Å²) in [6.45, 7) is 3.00. The van der Waals surface area contributed by atoms with Gasteiger partial charge in [-0.3, -0.25) is 4.90 Å². The van der Waals surface area contributed by atoms with Crippen LogP contribution in [0.2, 0.25) is 5.02 Å². The van der Waals surface area contributed by atoms with Crippen molar-refractivity contribution in [1.82, 2.24) is 9.88 Å². The Hall–Kier alpha value is -2.10. The Morgan fingerprint density at radius 3 is 2.83 bits per heavy atom. The zero-order valence-corrected chi connectivity index (χ0v) is 14.1. The van der Waals surface area contributed by atoms with E-state index < -0.39 is 0 Å². The van der Waals surface area contributed by atoms with Crippen LogP contribution < -0.4 is 0 Å². The number of likely N-dealkylation sites (tertiary alicyclic amines) is 1. The van der Waals surface area contributed by atoms with Gasteiger partial charge in [-0.1, -0.05) is 48.0 Å². The lowest BCUT2D eigenvalue weighted by molar-refractivity contribution is 0.322. The molecule has 0 aliphatic carbocycles. The Kier molecular flexibility index (Phi) is 4.37.